The monoisotopic (exact) mass is 465 g/mol. The van der Waals surface area contributed by atoms with Gasteiger partial charge in [0.1, 0.15) is 4.21 Å². The van der Waals surface area contributed by atoms with E-state index in [1.807, 2.05) is 24.3 Å². The fraction of sp³-hybridized carbons (Fsp3) is 0.267. The van der Waals surface area contributed by atoms with Crippen LogP contribution in [0.15, 0.2) is 45.6 Å². The first kappa shape index (κ1) is 19.9. The summed E-state index contributed by atoms with van der Waals surface area (Å²) in [4.78, 5) is 5.08. The molecule has 0 aliphatic heterocycles. The molecule has 0 amide bonds. The Morgan fingerprint density at radius 3 is 2.39 bits per heavy atom. The zero-order chi connectivity index (χ0) is 16.2. The molecule has 8 heteroatoms. The lowest BCUT2D eigenvalue weighted by molar-refractivity contribution is 0.604. The molecule has 1 aromatic heterocycles. The largest absolute Gasteiger partial charge is 0.370 e. The highest BCUT2D eigenvalue weighted by Crippen LogP contribution is 2.22. The maximum absolute atomic E-state index is 11.4. The van der Waals surface area contributed by atoms with Crippen LogP contribution in [0.4, 0.5) is 5.69 Å². The number of nitrogens with one attached hydrogen (secondary N) is 1. The summed E-state index contributed by atoms with van der Waals surface area (Å²) < 4.78 is 23.2. The minimum Gasteiger partial charge on any atom is -0.370 e. The quantitative estimate of drug-likeness (QED) is 0.404. The molecule has 0 bridgehead atoms. The molecule has 0 saturated heterocycles. The van der Waals surface area contributed by atoms with E-state index in [4.69, 9.17) is 5.73 Å². The second-order valence-electron chi connectivity index (χ2n) is 4.87. The zero-order valence-electron chi connectivity index (χ0n) is 12.9. The van der Waals surface area contributed by atoms with E-state index < -0.39 is 9.84 Å². The van der Waals surface area contributed by atoms with Gasteiger partial charge >= 0.3 is 0 Å². The molecule has 1 aromatic carbocycles. The van der Waals surface area contributed by atoms with Gasteiger partial charge in [0.25, 0.3) is 0 Å². The van der Waals surface area contributed by atoms with Crippen LogP contribution in [-0.2, 0) is 22.8 Å². The summed E-state index contributed by atoms with van der Waals surface area (Å²) in [6.07, 6.45) is 2.19. The van der Waals surface area contributed by atoms with Crippen molar-refractivity contribution in [3.8, 4) is 0 Å². The van der Waals surface area contributed by atoms with Gasteiger partial charge < -0.3 is 11.1 Å². The third-order valence-electron chi connectivity index (χ3n) is 3.04. The molecule has 0 atom stereocenters. The van der Waals surface area contributed by atoms with Gasteiger partial charge in [0.2, 0.25) is 0 Å². The van der Waals surface area contributed by atoms with Gasteiger partial charge in [-0.25, -0.2) is 13.4 Å². The van der Waals surface area contributed by atoms with Crippen molar-refractivity contribution in [2.75, 3.05) is 11.6 Å². The van der Waals surface area contributed by atoms with Crippen molar-refractivity contribution in [3.63, 3.8) is 0 Å². The Balaban J connectivity index is 0.00000264. The van der Waals surface area contributed by atoms with E-state index in [1.165, 1.54) is 23.2 Å². The maximum atomic E-state index is 11.4. The zero-order valence-corrected chi connectivity index (χ0v) is 16.9. The van der Waals surface area contributed by atoms with Crippen LogP contribution in [0, 0.1) is 0 Å². The smallest absolute Gasteiger partial charge is 0.193 e. The normalized spacial score (nSPS) is 11.8. The number of aryl methyl sites for hydroxylation is 1. The standard InChI is InChI=1S/C15H19N3O2S2.HI/c1-3-11-4-6-12(7-5-11)18-15(16)17-10-13-8-9-14(21-13)22(2,19)20;/h4-9H,3,10H2,1-2H3,(H3,16,17,18);1H. The first-order chi connectivity index (χ1) is 10.4. The van der Waals surface area contributed by atoms with Gasteiger partial charge in [-0.15, -0.1) is 35.3 Å². The summed E-state index contributed by atoms with van der Waals surface area (Å²) in [7, 11) is -3.15. The molecule has 0 fully saturated rings. The highest BCUT2D eigenvalue weighted by molar-refractivity contribution is 14.0. The molecule has 0 unspecified atom stereocenters. The number of guanidine groups is 1. The number of rotatable bonds is 5. The lowest BCUT2D eigenvalue weighted by atomic mass is 10.1. The van der Waals surface area contributed by atoms with Crippen LogP contribution < -0.4 is 11.1 Å². The molecule has 0 spiro atoms. The van der Waals surface area contributed by atoms with E-state index in [1.54, 1.807) is 12.1 Å². The van der Waals surface area contributed by atoms with E-state index in [2.05, 4.69) is 17.2 Å². The topological polar surface area (TPSA) is 84.5 Å². The summed E-state index contributed by atoms with van der Waals surface area (Å²) in [6, 6.07) is 11.3. The molecule has 5 nitrogen and oxygen atoms in total. The van der Waals surface area contributed by atoms with Crippen molar-refractivity contribution in [3.05, 3.63) is 46.8 Å². The number of anilines is 1. The Bertz CT molecular complexity index is 768. The molecule has 23 heavy (non-hydrogen) atoms. The summed E-state index contributed by atoms with van der Waals surface area (Å²) in [5.74, 6) is 0.304. The predicted octanol–water partition coefficient (Wildman–Crippen LogP) is 3.26. The summed E-state index contributed by atoms with van der Waals surface area (Å²) >= 11 is 1.21. The third kappa shape index (κ3) is 6.11. The molecule has 2 rings (SSSR count). The molecule has 0 aliphatic rings. The SMILES string of the molecule is CCc1ccc(NC(N)=NCc2ccc(S(C)(=O)=O)s2)cc1.I. The number of thiophene rings is 1. The van der Waals surface area contributed by atoms with E-state index in [0.717, 1.165) is 17.0 Å². The van der Waals surface area contributed by atoms with E-state index in [9.17, 15) is 8.42 Å². The van der Waals surface area contributed by atoms with Gasteiger partial charge in [0.15, 0.2) is 15.8 Å². The second kappa shape index (κ2) is 8.65. The van der Waals surface area contributed by atoms with Crippen molar-refractivity contribution >= 4 is 56.8 Å². The van der Waals surface area contributed by atoms with Crippen molar-refractivity contribution in [2.45, 2.75) is 24.1 Å². The van der Waals surface area contributed by atoms with Crippen molar-refractivity contribution in [1.82, 2.24) is 0 Å². The van der Waals surface area contributed by atoms with E-state index >= 15 is 0 Å². The molecule has 0 radical (unpaired) electrons. The number of aliphatic imine (C=N–C) groups is 1. The molecule has 0 saturated carbocycles. The number of benzene rings is 1. The van der Waals surface area contributed by atoms with Gasteiger partial charge in [0, 0.05) is 16.8 Å². The number of nitrogens with two attached hydrogens (primary N) is 1. The number of hydrogen-bond acceptors (Lipinski definition) is 4. The number of sulfone groups is 1. The van der Waals surface area contributed by atoms with Crippen LogP contribution in [0.25, 0.3) is 0 Å². The van der Waals surface area contributed by atoms with Gasteiger partial charge in [0.05, 0.1) is 6.54 Å². The molecule has 126 valence electrons. The lowest BCUT2D eigenvalue weighted by Gasteiger charge is -2.06. The number of hydrogen-bond donors (Lipinski definition) is 2. The van der Waals surface area contributed by atoms with Gasteiger partial charge in [-0.1, -0.05) is 19.1 Å². The summed E-state index contributed by atoms with van der Waals surface area (Å²) in [5.41, 5.74) is 7.98. The van der Waals surface area contributed by atoms with Crippen molar-refractivity contribution in [2.24, 2.45) is 10.7 Å². The average molecular weight is 465 g/mol. The number of halogens is 1. The predicted molar refractivity (Wildman–Crippen MR) is 108 cm³/mol. The fourth-order valence-corrected chi connectivity index (χ4v) is 3.72. The highest BCUT2D eigenvalue weighted by Gasteiger charge is 2.10. The van der Waals surface area contributed by atoms with Crippen LogP contribution in [0.1, 0.15) is 17.4 Å². The van der Waals surface area contributed by atoms with Gasteiger partial charge in [-0.2, -0.15) is 0 Å². The van der Waals surface area contributed by atoms with Gasteiger partial charge in [-0.05, 0) is 36.2 Å². The van der Waals surface area contributed by atoms with Crippen LogP contribution in [0.5, 0.6) is 0 Å². The van der Waals surface area contributed by atoms with Crippen LogP contribution in [0.3, 0.4) is 0 Å². The minimum atomic E-state index is -3.15. The molecule has 0 aliphatic carbocycles. The van der Waals surface area contributed by atoms with Crippen LogP contribution in [0.2, 0.25) is 0 Å². The summed E-state index contributed by atoms with van der Waals surface area (Å²) in [5, 5.41) is 3.01. The first-order valence-electron chi connectivity index (χ1n) is 6.83. The molecule has 1 heterocycles. The van der Waals surface area contributed by atoms with Crippen molar-refractivity contribution in [1.29, 1.82) is 0 Å². The molecule has 3 N–H and O–H groups in total. The fourth-order valence-electron chi connectivity index (χ4n) is 1.82. The maximum Gasteiger partial charge on any atom is 0.193 e. The van der Waals surface area contributed by atoms with Crippen molar-refractivity contribution < 1.29 is 8.42 Å². The van der Waals surface area contributed by atoms with Gasteiger partial charge in [-0.3, -0.25) is 0 Å². The Kier molecular flexibility index (Phi) is 7.49. The Labute approximate surface area is 158 Å². The lowest BCUT2D eigenvalue weighted by Crippen LogP contribution is -2.22. The molecular weight excluding hydrogens is 445 g/mol. The second-order valence-corrected chi connectivity index (χ2v) is 8.28. The van der Waals surface area contributed by atoms with Crippen LogP contribution in [-0.4, -0.2) is 20.6 Å². The third-order valence-corrected chi connectivity index (χ3v) is 5.93. The molecular formula is C15H20IN3O2S2. The molecule has 2 aromatic rings. The minimum absolute atomic E-state index is 0. The van der Waals surface area contributed by atoms with E-state index in [0.29, 0.717) is 16.7 Å². The average Bonchev–Trinajstić information content (AvgIpc) is 2.95. The van der Waals surface area contributed by atoms with E-state index in [-0.39, 0.29) is 24.0 Å². The van der Waals surface area contributed by atoms with Crippen LogP contribution >= 0.6 is 35.3 Å². The Hall–Kier alpha value is -1.13. The number of nitrogens with zero attached hydrogens (tertiary/aromatic N) is 1. The summed E-state index contributed by atoms with van der Waals surface area (Å²) in [6.45, 7) is 2.45. The first-order valence-corrected chi connectivity index (χ1v) is 9.54. The Morgan fingerprint density at radius 1 is 1.22 bits per heavy atom. The Morgan fingerprint density at radius 2 is 1.87 bits per heavy atom. The highest BCUT2D eigenvalue weighted by atomic mass is 127.